The SMILES string of the molecule is Cc1nc(NCCCC(C)C)sc1C. The highest BCUT2D eigenvalue weighted by molar-refractivity contribution is 7.15. The van der Waals surface area contributed by atoms with Gasteiger partial charge in [0.1, 0.15) is 0 Å². The first-order valence-corrected chi connectivity index (χ1v) is 6.09. The van der Waals surface area contributed by atoms with E-state index in [1.165, 1.54) is 17.7 Å². The van der Waals surface area contributed by atoms with Gasteiger partial charge in [-0.25, -0.2) is 4.98 Å². The predicted octanol–water partition coefficient (Wildman–Crippen LogP) is 3.61. The van der Waals surface area contributed by atoms with Crippen LogP contribution >= 0.6 is 11.3 Å². The normalized spacial score (nSPS) is 10.9. The van der Waals surface area contributed by atoms with E-state index in [2.05, 4.69) is 38.0 Å². The third-order valence-electron chi connectivity index (χ3n) is 2.26. The second-order valence-electron chi connectivity index (χ2n) is 4.12. The summed E-state index contributed by atoms with van der Waals surface area (Å²) in [6.07, 6.45) is 2.52. The summed E-state index contributed by atoms with van der Waals surface area (Å²) in [7, 11) is 0. The average Bonchev–Trinajstić information content (AvgIpc) is 2.40. The van der Waals surface area contributed by atoms with E-state index in [0.29, 0.717) is 0 Å². The molecule has 1 aromatic heterocycles. The number of nitrogens with one attached hydrogen (secondary N) is 1. The maximum Gasteiger partial charge on any atom is 0.183 e. The third kappa shape index (κ3) is 3.66. The molecular weight excluding hydrogens is 192 g/mol. The Labute approximate surface area is 90.8 Å². The molecule has 0 aliphatic rings. The number of aromatic nitrogens is 1. The zero-order valence-corrected chi connectivity index (χ0v) is 10.4. The van der Waals surface area contributed by atoms with E-state index < -0.39 is 0 Å². The molecule has 3 heteroatoms. The Hall–Kier alpha value is -0.570. The van der Waals surface area contributed by atoms with Crippen molar-refractivity contribution in [3.05, 3.63) is 10.6 Å². The van der Waals surface area contributed by atoms with E-state index in [9.17, 15) is 0 Å². The van der Waals surface area contributed by atoms with Gasteiger partial charge in [0.15, 0.2) is 5.13 Å². The minimum Gasteiger partial charge on any atom is -0.362 e. The Kier molecular flexibility index (Phi) is 4.39. The van der Waals surface area contributed by atoms with Gasteiger partial charge in [0.05, 0.1) is 5.69 Å². The molecule has 0 saturated heterocycles. The van der Waals surface area contributed by atoms with Gasteiger partial charge < -0.3 is 5.32 Å². The van der Waals surface area contributed by atoms with Crippen LogP contribution in [0.3, 0.4) is 0 Å². The molecule has 0 radical (unpaired) electrons. The molecular formula is C11H20N2S. The number of nitrogens with zero attached hydrogens (tertiary/aromatic N) is 1. The lowest BCUT2D eigenvalue weighted by molar-refractivity contribution is 0.567. The van der Waals surface area contributed by atoms with E-state index in [4.69, 9.17) is 0 Å². The van der Waals surface area contributed by atoms with Crippen LogP contribution in [0.15, 0.2) is 0 Å². The summed E-state index contributed by atoms with van der Waals surface area (Å²) in [6.45, 7) is 9.75. The van der Waals surface area contributed by atoms with Crippen molar-refractivity contribution in [2.45, 2.75) is 40.5 Å². The summed E-state index contributed by atoms with van der Waals surface area (Å²) in [4.78, 5) is 5.75. The van der Waals surface area contributed by atoms with Gasteiger partial charge in [0.25, 0.3) is 0 Å². The topological polar surface area (TPSA) is 24.9 Å². The molecule has 0 spiro atoms. The largest absolute Gasteiger partial charge is 0.362 e. The van der Waals surface area contributed by atoms with Gasteiger partial charge in [-0.3, -0.25) is 0 Å². The molecule has 0 bridgehead atoms. The first-order valence-electron chi connectivity index (χ1n) is 5.27. The fourth-order valence-electron chi connectivity index (χ4n) is 1.25. The molecule has 80 valence electrons. The number of hydrogen-bond donors (Lipinski definition) is 1. The highest BCUT2D eigenvalue weighted by Gasteiger charge is 2.02. The third-order valence-corrected chi connectivity index (χ3v) is 3.29. The lowest BCUT2D eigenvalue weighted by Gasteiger charge is -2.04. The highest BCUT2D eigenvalue weighted by atomic mass is 32.1. The van der Waals surface area contributed by atoms with Crippen molar-refractivity contribution in [3.8, 4) is 0 Å². The summed E-state index contributed by atoms with van der Waals surface area (Å²) in [5.41, 5.74) is 1.15. The van der Waals surface area contributed by atoms with E-state index in [-0.39, 0.29) is 0 Å². The van der Waals surface area contributed by atoms with Crippen molar-refractivity contribution < 1.29 is 0 Å². The molecule has 0 fully saturated rings. The summed E-state index contributed by atoms with van der Waals surface area (Å²) < 4.78 is 0. The van der Waals surface area contributed by atoms with Crippen molar-refractivity contribution in [2.75, 3.05) is 11.9 Å². The molecule has 0 unspecified atom stereocenters. The maximum atomic E-state index is 4.43. The van der Waals surface area contributed by atoms with Gasteiger partial charge in [-0.1, -0.05) is 13.8 Å². The van der Waals surface area contributed by atoms with Gasteiger partial charge in [0, 0.05) is 11.4 Å². The number of anilines is 1. The van der Waals surface area contributed by atoms with Crippen molar-refractivity contribution in [2.24, 2.45) is 5.92 Å². The van der Waals surface area contributed by atoms with Gasteiger partial charge >= 0.3 is 0 Å². The van der Waals surface area contributed by atoms with Gasteiger partial charge in [-0.15, -0.1) is 11.3 Å². The molecule has 1 aromatic rings. The second-order valence-corrected chi connectivity index (χ2v) is 5.33. The van der Waals surface area contributed by atoms with Crippen LogP contribution in [-0.4, -0.2) is 11.5 Å². The Morgan fingerprint density at radius 3 is 2.57 bits per heavy atom. The molecule has 14 heavy (non-hydrogen) atoms. The molecule has 0 aliphatic carbocycles. The molecule has 1 rings (SSSR count). The monoisotopic (exact) mass is 212 g/mol. The molecule has 0 aromatic carbocycles. The molecule has 2 nitrogen and oxygen atoms in total. The molecule has 0 amide bonds. The fraction of sp³-hybridized carbons (Fsp3) is 0.727. The first kappa shape index (κ1) is 11.5. The van der Waals surface area contributed by atoms with Crippen LogP contribution in [0, 0.1) is 19.8 Å². The van der Waals surface area contributed by atoms with Crippen LogP contribution in [0.5, 0.6) is 0 Å². The second kappa shape index (κ2) is 5.35. The fourth-order valence-corrected chi connectivity index (χ4v) is 2.09. The van der Waals surface area contributed by atoms with Crippen molar-refractivity contribution in [1.29, 1.82) is 0 Å². The molecule has 0 atom stereocenters. The molecule has 1 N–H and O–H groups in total. The zero-order valence-electron chi connectivity index (χ0n) is 9.55. The number of aryl methyl sites for hydroxylation is 2. The minimum atomic E-state index is 0.802. The smallest absolute Gasteiger partial charge is 0.183 e. The average molecular weight is 212 g/mol. The van der Waals surface area contributed by atoms with E-state index >= 15 is 0 Å². The van der Waals surface area contributed by atoms with Gasteiger partial charge in [-0.2, -0.15) is 0 Å². The van der Waals surface area contributed by atoms with Crippen molar-refractivity contribution in [1.82, 2.24) is 4.98 Å². The standard InChI is InChI=1S/C11H20N2S/c1-8(2)6-5-7-12-11-13-9(3)10(4)14-11/h8H,5-7H2,1-4H3,(H,12,13). The van der Waals surface area contributed by atoms with E-state index in [0.717, 1.165) is 23.3 Å². The Balaban J connectivity index is 2.25. The molecule has 0 saturated carbocycles. The quantitative estimate of drug-likeness (QED) is 0.754. The maximum absolute atomic E-state index is 4.43. The summed E-state index contributed by atoms with van der Waals surface area (Å²) >= 11 is 1.75. The number of hydrogen-bond acceptors (Lipinski definition) is 3. The van der Waals surface area contributed by atoms with E-state index in [1.54, 1.807) is 11.3 Å². The zero-order chi connectivity index (χ0) is 10.6. The number of thiazole rings is 1. The van der Waals surface area contributed by atoms with Crippen molar-refractivity contribution in [3.63, 3.8) is 0 Å². The Morgan fingerprint density at radius 1 is 1.36 bits per heavy atom. The summed E-state index contributed by atoms with van der Waals surface area (Å²) in [6, 6.07) is 0. The minimum absolute atomic E-state index is 0.802. The Bertz CT molecular complexity index is 259. The number of rotatable bonds is 5. The first-order chi connectivity index (χ1) is 6.59. The van der Waals surface area contributed by atoms with Crippen molar-refractivity contribution >= 4 is 16.5 Å². The summed E-state index contributed by atoms with van der Waals surface area (Å²) in [5.74, 6) is 0.802. The van der Waals surface area contributed by atoms with Gasteiger partial charge in [-0.05, 0) is 32.6 Å². The lowest BCUT2D eigenvalue weighted by Crippen LogP contribution is -2.02. The van der Waals surface area contributed by atoms with Crippen LogP contribution in [0.4, 0.5) is 5.13 Å². The lowest BCUT2D eigenvalue weighted by atomic mass is 10.1. The predicted molar refractivity (Wildman–Crippen MR) is 64.1 cm³/mol. The van der Waals surface area contributed by atoms with Crippen LogP contribution in [0.2, 0.25) is 0 Å². The molecule has 0 aliphatic heterocycles. The van der Waals surface area contributed by atoms with Crippen LogP contribution < -0.4 is 5.32 Å². The van der Waals surface area contributed by atoms with Gasteiger partial charge in [0.2, 0.25) is 0 Å². The Morgan fingerprint density at radius 2 is 2.07 bits per heavy atom. The summed E-state index contributed by atoms with van der Waals surface area (Å²) in [5, 5.41) is 4.44. The molecule has 1 heterocycles. The van der Waals surface area contributed by atoms with Crippen LogP contribution in [-0.2, 0) is 0 Å². The highest BCUT2D eigenvalue weighted by Crippen LogP contribution is 2.20. The van der Waals surface area contributed by atoms with Crippen LogP contribution in [0.25, 0.3) is 0 Å². The van der Waals surface area contributed by atoms with E-state index in [1.807, 2.05) is 0 Å². The van der Waals surface area contributed by atoms with Crippen LogP contribution in [0.1, 0.15) is 37.3 Å².